The fraction of sp³-hybridized carbons (Fsp3) is 0. The summed E-state index contributed by atoms with van der Waals surface area (Å²) in [6.07, 6.45) is 0. The maximum Gasteiger partial charge on any atom is 0.278 e. The molecule has 2 heterocycles. The summed E-state index contributed by atoms with van der Waals surface area (Å²) in [7, 11) is 0. The van der Waals surface area contributed by atoms with Crippen molar-refractivity contribution < 1.29 is 4.79 Å². The number of nitrogen functional groups attached to an aromatic ring is 2. The molecule has 9 heteroatoms. The number of carbonyl (C=O) groups excluding carboxylic acids is 1. The molecular weight excluding hydrogens is 380 g/mol. The largest absolute Gasteiger partial charge is 0.397 e. The van der Waals surface area contributed by atoms with Crippen LogP contribution in [0.4, 0.5) is 17.2 Å². The van der Waals surface area contributed by atoms with Crippen LogP contribution in [0.15, 0.2) is 60.7 Å². The van der Waals surface area contributed by atoms with Gasteiger partial charge < -0.3 is 16.8 Å². The molecule has 0 aliphatic rings. The fourth-order valence-electron chi connectivity index (χ4n) is 3.08. The number of nitrogens with one attached hydrogen (secondary N) is 2. The molecule has 0 saturated heterocycles. The highest BCUT2D eigenvalue weighted by Crippen LogP contribution is 2.26. The third-order valence-electron chi connectivity index (χ3n) is 4.50. The van der Waals surface area contributed by atoms with Gasteiger partial charge in [0.05, 0.1) is 16.8 Å². The van der Waals surface area contributed by atoms with Crippen molar-refractivity contribution in [2.75, 3.05) is 16.8 Å². The predicted molar refractivity (Wildman–Crippen MR) is 113 cm³/mol. The molecule has 0 aliphatic carbocycles. The number of pyridine rings is 1. The second-order valence-corrected chi connectivity index (χ2v) is 6.39. The molecule has 0 aliphatic heterocycles. The molecular formula is C21H16N8O. The number of fused-ring (bicyclic) bond motifs is 1. The number of benzene rings is 2. The summed E-state index contributed by atoms with van der Waals surface area (Å²) in [6, 6.07) is 19.6. The second-order valence-electron chi connectivity index (χ2n) is 6.39. The lowest BCUT2D eigenvalue weighted by molar-refractivity contribution is 0.102. The number of para-hydroxylation sites is 2. The van der Waals surface area contributed by atoms with E-state index in [4.69, 9.17) is 16.9 Å². The topological polar surface area (TPSA) is 159 Å². The van der Waals surface area contributed by atoms with Crippen molar-refractivity contribution in [2.24, 2.45) is 0 Å². The van der Waals surface area contributed by atoms with Crippen LogP contribution in [0.25, 0.3) is 16.6 Å². The van der Waals surface area contributed by atoms with Crippen molar-refractivity contribution in [3.8, 4) is 11.8 Å². The maximum atomic E-state index is 13.1. The molecule has 0 unspecified atom stereocenters. The summed E-state index contributed by atoms with van der Waals surface area (Å²) < 4.78 is 1.28. The molecule has 4 rings (SSSR count). The maximum absolute atomic E-state index is 13.1. The van der Waals surface area contributed by atoms with E-state index >= 15 is 0 Å². The molecule has 0 fully saturated rings. The van der Waals surface area contributed by atoms with Gasteiger partial charge in [0.25, 0.3) is 5.91 Å². The molecule has 0 saturated carbocycles. The van der Waals surface area contributed by atoms with Gasteiger partial charge in [0.2, 0.25) is 0 Å². The molecule has 0 bridgehead atoms. The Morgan fingerprint density at radius 1 is 1.07 bits per heavy atom. The highest BCUT2D eigenvalue weighted by molar-refractivity contribution is 6.12. The number of hydrogen-bond acceptors (Lipinski definition) is 7. The molecule has 146 valence electrons. The van der Waals surface area contributed by atoms with E-state index in [0.717, 1.165) is 0 Å². The van der Waals surface area contributed by atoms with Gasteiger partial charge in [-0.25, -0.2) is 9.67 Å². The van der Waals surface area contributed by atoms with Gasteiger partial charge >= 0.3 is 0 Å². The number of aromatic nitrogens is 3. The Hall–Kier alpha value is -4.71. The average Bonchev–Trinajstić information content (AvgIpc) is 2.75. The van der Waals surface area contributed by atoms with Crippen LogP contribution in [-0.4, -0.2) is 20.7 Å². The summed E-state index contributed by atoms with van der Waals surface area (Å²) in [5, 5.41) is 25.3. The van der Waals surface area contributed by atoms with Gasteiger partial charge in [-0.15, -0.1) is 0 Å². The molecule has 4 aromatic rings. The summed E-state index contributed by atoms with van der Waals surface area (Å²) in [5.41, 5.74) is 12.9. The number of amides is 1. The quantitative estimate of drug-likeness (QED) is 0.415. The smallest absolute Gasteiger partial charge is 0.278 e. The lowest BCUT2D eigenvalue weighted by Crippen LogP contribution is -2.28. The summed E-state index contributed by atoms with van der Waals surface area (Å²) in [5.74, 6) is -0.679. The first-order chi connectivity index (χ1) is 14.5. The standard InChI is InChI=1S/C21H16N8O/c22-11-14-16(23)15-17(27-19(14)24)18(21(30)26-12-7-3-1-4-8-12)28-29(20(15)25)13-9-5-2-6-10-13/h1-10,25H,(H,26,30)(H4,23,24,27). The van der Waals surface area contributed by atoms with Crippen LogP contribution >= 0.6 is 0 Å². The first-order valence-corrected chi connectivity index (χ1v) is 8.89. The van der Waals surface area contributed by atoms with Gasteiger partial charge in [-0.05, 0) is 24.3 Å². The summed E-state index contributed by atoms with van der Waals surface area (Å²) >= 11 is 0. The van der Waals surface area contributed by atoms with Crippen molar-refractivity contribution in [1.29, 1.82) is 10.7 Å². The van der Waals surface area contributed by atoms with Gasteiger partial charge in [0.15, 0.2) is 11.2 Å². The van der Waals surface area contributed by atoms with Gasteiger partial charge in [-0.2, -0.15) is 10.4 Å². The van der Waals surface area contributed by atoms with E-state index in [1.165, 1.54) is 4.68 Å². The van der Waals surface area contributed by atoms with Gasteiger partial charge in [0, 0.05) is 5.69 Å². The Morgan fingerprint density at radius 2 is 1.70 bits per heavy atom. The van der Waals surface area contributed by atoms with Crippen LogP contribution < -0.4 is 22.3 Å². The van der Waals surface area contributed by atoms with E-state index in [2.05, 4.69) is 15.4 Å². The zero-order valence-corrected chi connectivity index (χ0v) is 15.6. The number of nitriles is 1. The number of anilines is 3. The fourth-order valence-corrected chi connectivity index (χ4v) is 3.08. The molecule has 0 radical (unpaired) electrons. The van der Waals surface area contributed by atoms with Crippen molar-refractivity contribution >= 4 is 34.0 Å². The Kier molecular flexibility index (Phi) is 4.58. The number of carbonyl (C=O) groups is 1. The zero-order valence-electron chi connectivity index (χ0n) is 15.6. The Balaban J connectivity index is 2.03. The molecule has 2 aromatic heterocycles. The first kappa shape index (κ1) is 18.6. The molecule has 9 nitrogen and oxygen atoms in total. The lowest BCUT2D eigenvalue weighted by atomic mass is 10.1. The minimum Gasteiger partial charge on any atom is -0.397 e. The van der Waals surface area contributed by atoms with Gasteiger partial charge in [-0.1, -0.05) is 36.4 Å². The number of hydrogen-bond donors (Lipinski definition) is 4. The van der Waals surface area contributed by atoms with Crippen molar-refractivity contribution in [3.63, 3.8) is 0 Å². The van der Waals surface area contributed by atoms with E-state index in [9.17, 15) is 10.1 Å². The van der Waals surface area contributed by atoms with Crippen LogP contribution in [0.5, 0.6) is 0 Å². The van der Waals surface area contributed by atoms with Gasteiger partial charge in [0.1, 0.15) is 23.0 Å². The van der Waals surface area contributed by atoms with E-state index < -0.39 is 5.91 Å². The number of nitrogens with zero attached hydrogens (tertiary/aromatic N) is 4. The average molecular weight is 396 g/mol. The molecule has 2 aromatic carbocycles. The van der Waals surface area contributed by atoms with Crippen LogP contribution in [0, 0.1) is 16.7 Å². The molecule has 6 N–H and O–H groups in total. The Morgan fingerprint density at radius 3 is 2.33 bits per heavy atom. The van der Waals surface area contributed by atoms with E-state index in [0.29, 0.717) is 11.4 Å². The summed E-state index contributed by atoms with van der Waals surface area (Å²) in [4.78, 5) is 17.2. The Bertz CT molecular complexity index is 1370. The third kappa shape index (κ3) is 3.08. The van der Waals surface area contributed by atoms with Crippen LogP contribution in [-0.2, 0) is 0 Å². The normalized spacial score (nSPS) is 10.5. The van der Waals surface area contributed by atoms with Crippen LogP contribution in [0.3, 0.4) is 0 Å². The molecule has 0 spiro atoms. The minimum absolute atomic E-state index is 0.0224. The van der Waals surface area contributed by atoms with Crippen molar-refractivity contribution in [1.82, 2.24) is 14.8 Å². The van der Waals surface area contributed by atoms with E-state index in [1.54, 1.807) is 48.5 Å². The zero-order chi connectivity index (χ0) is 21.3. The SMILES string of the molecule is N#Cc1c(N)nc2c(C(=O)Nc3ccccc3)nn(-c3ccccc3)c(=N)c2c1N. The molecule has 0 atom stereocenters. The van der Waals surface area contributed by atoms with Gasteiger partial charge in [-0.3, -0.25) is 10.2 Å². The number of nitrogens with two attached hydrogens (primary N) is 2. The monoisotopic (exact) mass is 396 g/mol. The minimum atomic E-state index is -0.549. The lowest BCUT2D eigenvalue weighted by Gasteiger charge is -2.14. The number of rotatable bonds is 3. The third-order valence-corrected chi connectivity index (χ3v) is 4.50. The predicted octanol–water partition coefficient (Wildman–Crippen LogP) is 2.19. The van der Waals surface area contributed by atoms with Crippen LogP contribution in [0.2, 0.25) is 0 Å². The van der Waals surface area contributed by atoms with Crippen molar-refractivity contribution in [2.45, 2.75) is 0 Å². The Labute approximate surface area is 170 Å². The summed E-state index contributed by atoms with van der Waals surface area (Å²) in [6.45, 7) is 0. The van der Waals surface area contributed by atoms with E-state index in [-0.39, 0.29) is 39.2 Å². The highest BCUT2D eigenvalue weighted by atomic mass is 16.2. The molecule has 1 amide bonds. The van der Waals surface area contributed by atoms with E-state index in [1.807, 2.05) is 18.2 Å². The highest BCUT2D eigenvalue weighted by Gasteiger charge is 2.22. The molecule has 30 heavy (non-hydrogen) atoms. The second kappa shape index (κ2) is 7.37. The van der Waals surface area contributed by atoms with Crippen LogP contribution in [0.1, 0.15) is 16.1 Å². The van der Waals surface area contributed by atoms with Crippen molar-refractivity contribution in [3.05, 3.63) is 77.4 Å². The first-order valence-electron chi connectivity index (χ1n) is 8.89.